The van der Waals surface area contributed by atoms with Gasteiger partial charge >= 0.3 is 0 Å². The third-order valence-electron chi connectivity index (χ3n) is 5.70. The Labute approximate surface area is 167 Å². The van der Waals surface area contributed by atoms with Crippen molar-refractivity contribution in [3.8, 4) is 22.7 Å². The molecule has 0 aliphatic heterocycles. The quantitative estimate of drug-likeness (QED) is 0.560. The first-order valence-corrected chi connectivity index (χ1v) is 9.55. The van der Waals surface area contributed by atoms with Gasteiger partial charge in [0.05, 0.1) is 11.7 Å². The van der Waals surface area contributed by atoms with E-state index in [1.54, 1.807) is 18.7 Å². The molecule has 2 N–H and O–H groups in total. The van der Waals surface area contributed by atoms with E-state index in [2.05, 4.69) is 51.3 Å². The monoisotopic (exact) mass is 387 g/mol. The van der Waals surface area contributed by atoms with E-state index in [0.29, 0.717) is 23.3 Å². The summed E-state index contributed by atoms with van der Waals surface area (Å²) in [6, 6.07) is 8.40. The molecule has 1 unspecified atom stereocenters. The Hall–Kier alpha value is -3.55. The van der Waals surface area contributed by atoms with E-state index in [9.17, 15) is 0 Å². The van der Waals surface area contributed by atoms with Gasteiger partial charge in [-0.1, -0.05) is 29.4 Å². The topological polar surface area (TPSA) is 109 Å². The predicted molar refractivity (Wildman–Crippen MR) is 108 cm³/mol. The minimum Gasteiger partial charge on any atom is -0.368 e. The van der Waals surface area contributed by atoms with Crippen molar-refractivity contribution in [2.75, 3.05) is 5.73 Å². The number of aryl methyl sites for hydroxylation is 1. The van der Waals surface area contributed by atoms with Gasteiger partial charge in [0.2, 0.25) is 5.95 Å². The second-order valence-corrected chi connectivity index (χ2v) is 7.73. The zero-order chi connectivity index (χ0) is 20.0. The zero-order valence-corrected chi connectivity index (χ0v) is 16.3. The van der Waals surface area contributed by atoms with Gasteiger partial charge in [-0.2, -0.15) is 4.98 Å². The molecule has 29 heavy (non-hydrogen) atoms. The number of nitrogens with two attached hydrogens (primary N) is 1. The third kappa shape index (κ3) is 3.06. The lowest BCUT2D eigenvalue weighted by molar-refractivity contribution is 0.386. The molecule has 1 aliphatic rings. The summed E-state index contributed by atoms with van der Waals surface area (Å²) in [5.41, 5.74) is 9.08. The lowest BCUT2D eigenvalue weighted by atomic mass is 9.77. The summed E-state index contributed by atoms with van der Waals surface area (Å²) >= 11 is 0. The van der Waals surface area contributed by atoms with E-state index in [1.807, 2.05) is 17.8 Å². The normalized spacial score (nSPS) is 15.9. The summed E-state index contributed by atoms with van der Waals surface area (Å²) in [4.78, 5) is 17.2. The van der Waals surface area contributed by atoms with Crippen LogP contribution in [-0.2, 0) is 12.5 Å². The van der Waals surface area contributed by atoms with Gasteiger partial charge in [0.15, 0.2) is 5.82 Å². The zero-order valence-electron chi connectivity index (χ0n) is 16.3. The fourth-order valence-electron chi connectivity index (χ4n) is 3.77. The van der Waals surface area contributed by atoms with Crippen molar-refractivity contribution >= 4 is 5.95 Å². The van der Waals surface area contributed by atoms with Crippen LogP contribution in [0.5, 0.6) is 0 Å². The smallest absolute Gasteiger partial charge is 0.278 e. The first kappa shape index (κ1) is 17.5. The van der Waals surface area contributed by atoms with Crippen LogP contribution in [0.15, 0.2) is 53.7 Å². The Morgan fingerprint density at radius 1 is 1.07 bits per heavy atom. The van der Waals surface area contributed by atoms with Crippen molar-refractivity contribution in [2.45, 2.75) is 25.2 Å². The number of benzene rings is 1. The maximum atomic E-state index is 5.59. The molecule has 0 amide bonds. The van der Waals surface area contributed by atoms with Crippen molar-refractivity contribution in [3.05, 3.63) is 60.6 Å². The van der Waals surface area contributed by atoms with Crippen molar-refractivity contribution in [2.24, 2.45) is 13.0 Å². The Morgan fingerprint density at radius 3 is 2.41 bits per heavy atom. The van der Waals surface area contributed by atoms with Crippen molar-refractivity contribution < 1.29 is 4.52 Å². The lowest BCUT2D eigenvalue weighted by Gasteiger charge is -2.27. The van der Waals surface area contributed by atoms with E-state index < -0.39 is 0 Å². The van der Waals surface area contributed by atoms with Crippen LogP contribution in [0.4, 0.5) is 5.95 Å². The number of imidazole rings is 1. The lowest BCUT2D eigenvalue weighted by Crippen LogP contribution is -2.28. The predicted octanol–water partition coefficient (Wildman–Crippen LogP) is 3.23. The summed E-state index contributed by atoms with van der Waals surface area (Å²) in [6.45, 7) is 2.19. The van der Waals surface area contributed by atoms with E-state index in [4.69, 9.17) is 15.2 Å². The highest BCUT2D eigenvalue weighted by atomic mass is 16.5. The SMILES string of the molecule is Cn1cnc(-c2nc(C(C)(c3ccc(-c4cnc(N)nc4)cc3)C3CC3)no2)c1. The molecule has 1 fully saturated rings. The number of hydrogen-bond donors (Lipinski definition) is 1. The molecule has 0 saturated heterocycles. The molecule has 1 atom stereocenters. The summed E-state index contributed by atoms with van der Waals surface area (Å²) in [5, 5.41) is 4.33. The standard InChI is InChI=1S/C21H21N7O/c1-21(16-7-8-16,19-26-18(29-27-19)17-11-28(2)12-25-17)15-5-3-13(4-6-15)14-9-23-20(22)24-10-14/h3-6,9-12,16H,7-8H2,1-2H3,(H2,22,23,24). The highest BCUT2D eigenvalue weighted by Crippen LogP contribution is 2.50. The van der Waals surface area contributed by atoms with Crippen LogP contribution < -0.4 is 5.73 Å². The highest BCUT2D eigenvalue weighted by Gasteiger charge is 2.47. The van der Waals surface area contributed by atoms with E-state index >= 15 is 0 Å². The molecule has 3 heterocycles. The van der Waals surface area contributed by atoms with Crippen LogP contribution in [-0.4, -0.2) is 29.7 Å². The Kier molecular flexibility index (Phi) is 3.94. The molecule has 0 spiro atoms. The highest BCUT2D eigenvalue weighted by molar-refractivity contribution is 5.62. The molecule has 8 heteroatoms. The number of anilines is 1. The second-order valence-electron chi connectivity index (χ2n) is 7.73. The van der Waals surface area contributed by atoms with Crippen molar-refractivity contribution in [1.82, 2.24) is 29.7 Å². The maximum absolute atomic E-state index is 5.59. The second kappa shape index (κ2) is 6.51. The summed E-state index contributed by atoms with van der Waals surface area (Å²) in [7, 11) is 1.91. The van der Waals surface area contributed by atoms with Crippen molar-refractivity contribution in [3.63, 3.8) is 0 Å². The van der Waals surface area contributed by atoms with E-state index in [0.717, 1.165) is 29.5 Å². The summed E-state index contributed by atoms with van der Waals surface area (Å²) in [6.07, 6.45) is 9.36. The van der Waals surface area contributed by atoms with Gasteiger partial charge in [0.25, 0.3) is 5.89 Å². The number of hydrogen-bond acceptors (Lipinski definition) is 7. The van der Waals surface area contributed by atoms with Crippen LogP contribution in [0, 0.1) is 5.92 Å². The van der Waals surface area contributed by atoms with Crippen molar-refractivity contribution in [1.29, 1.82) is 0 Å². The molecule has 146 valence electrons. The average molecular weight is 387 g/mol. The molecule has 0 radical (unpaired) electrons. The summed E-state index contributed by atoms with van der Waals surface area (Å²) < 4.78 is 7.41. The van der Waals surface area contributed by atoms with Gasteiger partial charge in [-0.15, -0.1) is 0 Å². The third-order valence-corrected chi connectivity index (χ3v) is 5.70. The van der Waals surface area contributed by atoms with Crippen LogP contribution in [0.25, 0.3) is 22.7 Å². The molecule has 0 bridgehead atoms. The Bertz CT molecular complexity index is 1140. The average Bonchev–Trinajstić information content (AvgIpc) is 3.32. The molecule has 1 aliphatic carbocycles. The van der Waals surface area contributed by atoms with Gasteiger partial charge in [-0.25, -0.2) is 15.0 Å². The van der Waals surface area contributed by atoms with Gasteiger partial charge in [-0.3, -0.25) is 0 Å². The van der Waals surface area contributed by atoms with Gasteiger partial charge < -0.3 is 14.8 Å². The minimum atomic E-state index is -0.313. The fraction of sp³-hybridized carbons (Fsp3) is 0.286. The molecular weight excluding hydrogens is 366 g/mol. The van der Waals surface area contributed by atoms with Crippen LogP contribution in [0.2, 0.25) is 0 Å². The molecule has 1 saturated carbocycles. The number of nitrogen functional groups attached to an aromatic ring is 1. The van der Waals surface area contributed by atoms with Gasteiger partial charge in [-0.05, 0) is 36.8 Å². The first-order valence-electron chi connectivity index (χ1n) is 9.55. The van der Waals surface area contributed by atoms with Crippen LogP contribution >= 0.6 is 0 Å². The Balaban J connectivity index is 1.50. The van der Waals surface area contributed by atoms with Gasteiger partial charge in [0, 0.05) is 31.2 Å². The Morgan fingerprint density at radius 2 is 1.79 bits per heavy atom. The van der Waals surface area contributed by atoms with E-state index in [1.165, 1.54) is 0 Å². The van der Waals surface area contributed by atoms with E-state index in [-0.39, 0.29) is 11.4 Å². The molecule has 5 rings (SSSR count). The molecule has 3 aromatic heterocycles. The number of rotatable bonds is 5. The number of aromatic nitrogens is 6. The molecule has 1 aromatic carbocycles. The van der Waals surface area contributed by atoms with Crippen LogP contribution in [0.3, 0.4) is 0 Å². The van der Waals surface area contributed by atoms with Gasteiger partial charge in [0.1, 0.15) is 5.69 Å². The summed E-state index contributed by atoms with van der Waals surface area (Å²) in [5.74, 6) is 1.90. The van der Waals surface area contributed by atoms with Crippen LogP contribution in [0.1, 0.15) is 31.2 Å². The maximum Gasteiger partial charge on any atom is 0.278 e. The molecule has 8 nitrogen and oxygen atoms in total. The largest absolute Gasteiger partial charge is 0.368 e. The first-order chi connectivity index (χ1) is 14.0. The minimum absolute atomic E-state index is 0.271. The molecular formula is C21H21N7O. The fourth-order valence-corrected chi connectivity index (χ4v) is 3.77. The number of nitrogens with zero attached hydrogens (tertiary/aromatic N) is 6. The molecule has 4 aromatic rings.